The molecule has 2 fully saturated rings. The lowest BCUT2D eigenvalue weighted by atomic mass is 9.89. The van der Waals surface area contributed by atoms with Gasteiger partial charge in [-0.25, -0.2) is 4.79 Å². The van der Waals surface area contributed by atoms with Gasteiger partial charge in [-0.3, -0.25) is 24.8 Å². The highest BCUT2D eigenvalue weighted by atomic mass is 32.1. The summed E-state index contributed by atoms with van der Waals surface area (Å²) in [7, 11) is 0. The molecule has 11 heteroatoms. The average Bonchev–Trinajstić information content (AvgIpc) is 3.31. The summed E-state index contributed by atoms with van der Waals surface area (Å²) in [6, 6.07) is 7.53. The fourth-order valence-corrected chi connectivity index (χ4v) is 6.18. The van der Waals surface area contributed by atoms with Gasteiger partial charge in [-0.15, -0.1) is 11.3 Å². The van der Waals surface area contributed by atoms with Crippen molar-refractivity contribution in [3.05, 3.63) is 36.0 Å². The van der Waals surface area contributed by atoms with E-state index in [1.54, 1.807) is 37.9 Å². The minimum Gasteiger partial charge on any atom is -0.444 e. The Labute approximate surface area is 233 Å². The molecule has 1 unspecified atom stereocenters. The van der Waals surface area contributed by atoms with Crippen molar-refractivity contribution in [1.29, 1.82) is 0 Å². The fourth-order valence-electron chi connectivity index (χ4n) is 5.17. The molecule has 0 aromatic carbocycles. The molecule has 0 radical (unpaired) electrons. The summed E-state index contributed by atoms with van der Waals surface area (Å²) >= 11 is 1.29. The number of carbonyl (C=O) groups is 3. The Bertz CT molecular complexity index is 1170. The molecule has 212 valence electrons. The zero-order valence-electron chi connectivity index (χ0n) is 23.2. The second-order valence-corrected chi connectivity index (χ2v) is 12.2. The number of piperidine rings is 2. The number of aliphatic hydroxyl groups is 1. The average molecular weight is 558 g/mol. The highest BCUT2D eigenvalue weighted by molar-refractivity contribution is 7.20. The van der Waals surface area contributed by atoms with E-state index in [-0.39, 0.29) is 17.9 Å². The molecule has 0 bridgehead atoms. The van der Waals surface area contributed by atoms with Gasteiger partial charge in [0.25, 0.3) is 11.8 Å². The Morgan fingerprint density at radius 3 is 2.59 bits per heavy atom. The molecule has 2 aliphatic heterocycles. The molecule has 2 aliphatic rings. The molecule has 0 saturated carbocycles. The number of likely N-dealkylation sites (N-methyl/N-ethyl adjacent to an activating group) is 1. The summed E-state index contributed by atoms with van der Waals surface area (Å²) < 4.78 is 5.43. The minimum atomic E-state index is -1.37. The number of nitrogens with zero attached hydrogens (tertiary/aromatic N) is 3. The van der Waals surface area contributed by atoms with E-state index in [4.69, 9.17) is 4.74 Å². The van der Waals surface area contributed by atoms with Crippen LogP contribution in [0.1, 0.15) is 63.7 Å². The van der Waals surface area contributed by atoms with Gasteiger partial charge in [0.15, 0.2) is 5.60 Å². The molecule has 0 aliphatic carbocycles. The maximum atomic E-state index is 13.7. The van der Waals surface area contributed by atoms with E-state index in [0.717, 1.165) is 36.4 Å². The Morgan fingerprint density at radius 2 is 1.95 bits per heavy atom. The second kappa shape index (κ2) is 12.0. The Morgan fingerprint density at radius 1 is 1.21 bits per heavy atom. The predicted octanol–water partition coefficient (Wildman–Crippen LogP) is 3.72. The SMILES string of the molecule is CCNC(=O)C1(O)CCCN(C2CCN(C(=O)c3cc(-c4ccccn4)sc3NC(=O)OC(C)(C)C)CC2)C1. The molecule has 1 atom stereocenters. The number of amides is 3. The van der Waals surface area contributed by atoms with E-state index in [9.17, 15) is 19.5 Å². The Hall–Kier alpha value is -3.02. The van der Waals surface area contributed by atoms with Gasteiger partial charge in [-0.05, 0) is 78.1 Å². The summed E-state index contributed by atoms with van der Waals surface area (Å²) in [5.74, 6) is -0.469. The lowest BCUT2D eigenvalue weighted by molar-refractivity contribution is -0.147. The first kappa shape index (κ1) is 29.0. The number of likely N-dealkylation sites (tertiary alicyclic amines) is 2. The molecule has 4 rings (SSSR count). The van der Waals surface area contributed by atoms with Crippen molar-refractivity contribution in [2.24, 2.45) is 0 Å². The van der Waals surface area contributed by atoms with E-state index >= 15 is 0 Å². The molecule has 10 nitrogen and oxygen atoms in total. The van der Waals surface area contributed by atoms with Crippen molar-refractivity contribution in [2.75, 3.05) is 38.0 Å². The van der Waals surface area contributed by atoms with Crippen LogP contribution in [0.4, 0.5) is 9.80 Å². The van der Waals surface area contributed by atoms with Crippen LogP contribution in [0.25, 0.3) is 10.6 Å². The molecular weight excluding hydrogens is 518 g/mol. The molecule has 0 spiro atoms. The number of ether oxygens (including phenoxy) is 1. The van der Waals surface area contributed by atoms with Crippen LogP contribution in [0.3, 0.4) is 0 Å². The largest absolute Gasteiger partial charge is 0.444 e. The molecular formula is C28H39N5O5S. The standard InChI is InChI=1S/C28H39N5O5S/c1-5-29-25(35)28(37)12-8-14-33(18-28)19-10-15-32(16-11-19)24(34)20-17-22(21-9-6-7-13-30-21)39-23(20)31-26(36)38-27(2,3)4/h6-7,9,13,17,19,37H,5,8,10-12,14-16,18H2,1-4H3,(H,29,35)(H,31,36). The summed E-state index contributed by atoms with van der Waals surface area (Å²) in [4.78, 5) is 47.9. The van der Waals surface area contributed by atoms with Crippen LogP contribution in [0.5, 0.6) is 0 Å². The van der Waals surface area contributed by atoms with Gasteiger partial charge >= 0.3 is 6.09 Å². The monoisotopic (exact) mass is 557 g/mol. The smallest absolute Gasteiger partial charge is 0.412 e. The second-order valence-electron chi connectivity index (χ2n) is 11.2. The van der Waals surface area contributed by atoms with Crippen LogP contribution in [0, 0.1) is 0 Å². The maximum Gasteiger partial charge on any atom is 0.412 e. The van der Waals surface area contributed by atoms with Crippen molar-refractivity contribution < 1.29 is 24.2 Å². The molecule has 2 saturated heterocycles. The van der Waals surface area contributed by atoms with Gasteiger partial charge in [0.1, 0.15) is 10.6 Å². The first-order chi connectivity index (χ1) is 18.5. The van der Waals surface area contributed by atoms with Gasteiger partial charge in [-0.1, -0.05) is 6.07 Å². The molecule has 3 amide bonds. The molecule has 2 aromatic rings. The first-order valence-corrected chi connectivity index (χ1v) is 14.4. The van der Waals surface area contributed by atoms with Crippen LogP contribution in [0.15, 0.2) is 30.5 Å². The third-order valence-electron chi connectivity index (χ3n) is 7.02. The van der Waals surface area contributed by atoms with Crippen LogP contribution in [-0.4, -0.2) is 87.8 Å². The number of pyridine rings is 1. The predicted molar refractivity (Wildman–Crippen MR) is 151 cm³/mol. The number of carbonyl (C=O) groups excluding carboxylic acids is 3. The number of rotatable bonds is 6. The lowest BCUT2D eigenvalue weighted by Gasteiger charge is -2.44. The summed E-state index contributed by atoms with van der Waals surface area (Å²) in [5.41, 5.74) is -0.914. The van der Waals surface area contributed by atoms with Gasteiger partial charge in [0, 0.05) is 38.4 Å². The number of aromatic nitrogens is 1. The van der Waals surface area contributed by atoms with Gasteiger partial charge in [0.2, 0.25) is 0 Å². The maximum absolute atomic E-state index is 13.7. The Kier molecular flexibility index (Phi) is 8.93. The minimum absolute atomic E-state index is 0.157. The van der Waals surface area contributed by atoms with E-state index < -0.39 is 17.3 Å². The number of β-amino-alcohol motifs (C(OH)–C–C–N with tert-alkyl or cyclic N) is 1. The van der Waals surface area contributed by atoms with Crippen molar-refractivity contribution in [3.63, 3.8) is 0 Å². The first-order valence-electron chi connectivity index (χ1n) is 13.6. The number of hydrogen-bond donors (Lipinski definition) is 3. The van der Waals surface area contributed by atoms with E-state index in [2.05, 4.69) is 20.5 Å². The van der Waals surface area contributed by atoms with Gasteiger partial charge in [-0.2, -0.15) is 0 Å². The van der Waals surface area contributed by atoms with Gasteiger partial charge < -0.3 is 20.1 Å². The zero-order valence-corrected chi connectivity index (χ0v) is 24.0. The van der Waals surface area contributed by atoms with E-state index in [1.807, 2.05) is 25.1 Å². The van der Waals surface area contributed by atoms with Crippen LogP contribution < -0.4 is 10.6 Å². The van der Waals surface area contributed by atoms with Crippen molar-refractivity contribution >= 4 is 34.2 Å². The third kappa shape index (κ3) is 7.14. The third-order valence-corrected chi connectivity index (χ3v) is 8.10. The fraction of sp³-hybridized carbons (Fsp3) is 0.571. The van der Waals surface area contributed by atoms with Crippen LogP contribution in [-0.2, 0) is 9.53 Å². The van der Waals surface area contributed by atoms with Gasteiger partial charge in [0.05, 0.1) is 16.1 Å². The number of thiophene rings is 1. The zero-order chi connectivity index (χ0) is 28.2. The molecule has 2 aromatic heterocycles. The summed E-state index contributed by atoms with van der Waals surface area (Å²) in [6.07, 6.45) is 3.76. The van der Waals surface area contributed by atoms with E-state index in [1.165, 1.54) is 11.3 Å². The highest BCUT2D eigenvalue weighted by Crippen LogP contribution is 2.36. The van der Waals surface area contributed by atoms with Crippen LogP contribution >= 0.6 is 11.3 Å². The highest BCUT2D eigenvalue weighted by Gasteiger charge is 2.42. The number of hydrogen-bond acceptors (Lipinski definition) is 8. The van der Waals surface area contributed by atoms with Crippen LogP contribution in [0.2, 0.25) is 0 Å². The van der Waals surface area contributed by atoms with E-state index in [0.29, 0.717) is 43.2 Å². The van der Waals surface area contributed by atoms with Crippen molar-refractivity contribution in [3.8, 4) is 10.6 Å². The van der Waals surface area contributed by atoms with Crippen molar-refractivity contribution in [2.45, 2.75) is 70.6 Å². The summed E-state index contributed by atoms with van der Waals surface area (Å²) in [6.45, 7) is 9.90. The molecule has 39 heavy (non-hydrogen) atoms. The molecule has 4 heterocycles. The number of nitrogens with one attached hydrogen (secondary N) is 2. The topological polar surface area (TPSA) is 124 Å². The normalized spacial score (nSPS) is 20.9. The summed E-state index contributed by atoms with van der Waals surface area (Å²) in [5, 5.41) is 16.9. The lowest BCUT2D eigenvalue weighted by Crippen LogP contribution is -2.60. The number of anilines is 1. The molecule has 3 N–H and O–H groups in total. The quantitative estimate of drug-likeness (QED) is 0.495. The Balaban J connectivity index is 1.46. The van der Waals surface area contributed by atoms with Crippen molar-refractivity contribution in [1.82, 2.24) is 20.1 Å².